The lowest BCUT2D eigenvalue weighted by atomic mass is 9.86. The van der Waals surface area contributed by atoms with E-state index in [1.165, 1.54) is 5.56 Å². The summed E-state index contributed by atoms with van der Waals surface area (Å²) in [5.74, 6) is 2.21. The molecule has 0 bridgehead atoms. The van der Waals surface area contributed by atoms with Crippen molar-refractivity contribution in [2.45, 2.75) is 32.1 Å². The Bertz CT molecular complexity index is 1050. The Kier molecular flexibility index (Phi) is 3.41. The Balaban J connectivity index is 1.43. The van der Waals surface area contributed by atoms with Crippen LogP contribution >= 0.6 is 0 Å². The maximum atomic E-state index is 5.59. The highest BCUT2D eigenvalue weighted by molar-refractivity contribution is 5.56. The number of pyridine rings is 1. The van der Waals surface area contributed by atoms with Crippen molar-refractivity contribution in [1.82, 2.24) is 35.1 Å². The maximum absolute atomic E-state index is 5.59. The number of nitrogens with one attached hydrogen (secondary N) is 1. The number of fused-ring (bicyclic) bond motifs is 1. The van der Waals surface area contributed by atoms with Gasteiger partial charge in [0.15, 0.2) is 5.82 Å². The van der Waals surface area contributed by atoms with Crippen LogP contribution in [0.2, 0.25) is 0 Å². The van der Waals surface area contributed by atoms with Crippen molar-refractivity contribution in [2.24, 2.45) is 0 Å². The van der Waals surface area contributed by atoms with Crippen LogP contribution in [0.1, 0.15) is 35.2 Å². The van der Waals surface area contributed by atoms with Gasteiger partial charge in [-0.2, -0.15) is 15.2 Å². The van der Waals surface area contributed by atoms with Crippen LogP contribution in [0.5, 0.6) is 0 Å². The summed E-state index contributed by atoms with van der Waals surface area (Å²) in [6, 6.07) is 5.64. The molecule has 0 radical (unpaired) electrons. The van der Waals surface area contributed by atoms with E-state index >= 15 is 0 Å². The first-order valence-electron chi connectivity index (χ1n) is 8.60. The first-order valence-corrected chi connectivity index (χ1v) is 8.60. The highest BCUT2D eigenvalue weighted by Gasteiger charge is 2.28. The summed E-state index contributed by atoms with van der Waals surface area (Å²) in [7, 11) is 0. The van der Waals surface area contributed by atoms with E-state index in [1.54, 1.807) is 17.1 Å². The molecular weight excluding hydrogens is 330 g/mol. The predicted molar refractivity (Wildman–Crippen MR) is 92.7 cm³/mol. The number of hydrogen-bond donors (Lipinski definition) is 1. The molecule has 0 amide bonds. The summed E-state index contributed by atoms with van der Waals surface area (Å²) in [5.41, 5.74) is 4.43. The number of H-pyrrole nitrogens is 1. The summed E-state index contributed by atoms with van der Waals surface area (Å²) in [6.07, 6.45) is 8.07. The van der Waals surface area contributed by atoms with Gasteiger partial charge < -0.3 is 4.52 Å². The molecule has 0 saturated carbocycles. The van der Waals surface area contributed by atoms with E-state index in [2.05, 4.69) is 37.3 Å². The molecule has 1 unspecified atom stereocenters. The highest BCUT2D eigenvalue weighted by atomic mass is 16.5. The minimum atomic E-state index is 0.229. The summed E-state index contributed by atoms with van der Waals surface area (Å²) < 4.78 is 7.29. The Hall–Kier alpha value is -3.29. The van der Waals surface area contributed by atoms with Gasteiger partial charge in [0.1, 0.15) is 0 Å². The number of aryl methyl sites for hydroxylation is 2. The van der Waals surface area contributed by atoms with Gasteiger partial charge in [-0.3, -0.25) is 5.10 Å². The average Bonchev–Trinajstić information content (AvgIpc) is 3.43. The molecule has 1 aliphatic rings. The molecule has 0 saturated heterocycles. The van der Waals surface area contributed by atoms with Crippen LogP contribution in [-0.4, -0.2) is 35.1 Å². The van der Waals surface area contributed by atoms with Crippen molar-refractivity contribution in [3.8, 4) is 17.2 Å². The molecule has 0 aliphatic heterocycles. The second-order valence-electron chi connectivity index (χ2n) is 6.52. The van der Waals surface area contributed by atoms with E-state index in [-0.39, 0.29) is 5.92 Å². The van der Waals surface area contributed by atoms with Gasteiger partial charge in [-0.1, -0.05) is 5.16 Å². The quantitative estimate of drug-likeness (QED) is 0.612. The van der Waals surface area contributed by atoms with Crippen LogP contribution in [0.15, 0.2) is 41.3 Å². The molecule has 0 aromatic carbocycles. The van der Waals surface area contributed by atoms with Crippen LogP contribution in [0, 0.1) is 6.92 Å². The van der Waals surface area contributed by atoms with E-state index in [4.69, 9.17) is 4.52 Å². The van der Waals surface area contributed by atoms with Gasteiger partial charge in [-0.15, -0.1) is 0 Å². The largest absolute Gasteiger partial charge is 0.339 e. The lowest BCUT2D eigenvalue weighted by molar-refractivity contribution is 0.340. The first kappa shape index (κ1) is 15.0. The lowest BCUT2D eigenvalue weighted by Gasteiger charge is -2.18. The number of nitrogens with zero attached hydrogens (tertiary/aromatic N) is 6. The van der Waals surface area contributed by atoms with Crippen LogP contribution in [0.3, 0.4) is 0 Å². The van der Waals surface area contributed by atoms with Gasteiger partial charge >= 0.3 is 0 Å². The fourth-order valence-corrected chi connectivity index (χ4v) is 3.46. The third-order valence-corrected chi connectivity index (χ3v) is 4.87. The fourth-order valence-electron chi connectivity index (χ4n) is 3.46. The molecule has 4 aromatic rings. The molecule has 130 valence electrons. The molecule has 26 heavy (non-hydrogen) atoms. The third kappa shape index (κ3) is 2.50. The molecule has 1 aliphatic carbocycles. The second kappa shape index (κ2) is 5.91. The number of aromatic amines is 1. The molecule has 8 heteroatoms. The average molecular weight is 347 g/mol. The number of aromatic nitrogens is 7. The van der Waals surface area contributed by atoms with Crippen LogP contribution in [0.25, 0.3) is 17.2 Å². The fraction of sp³-hybridized carbons (Fsp3) is 0.278. The van der Waals surface area contributed by atoms with Crippen LogP contribution in [0.4, 0.5) is 0 Å². The van der Waals surface area contributed by atoms with Gasteiger partial charge in [0.05, 0.1) is 5.69 Å². The molecule has 5 rings (SSSR count). The van der Waals surface area contributed by atoms with E-state index in [0.717, 1.165) is 42.0 Å². The summed E-state index contributed by atoms with van der Waals surface area (Å²) in [6.45, 7) is 2.06. The van der Waals surface area contributed by atoms with Crippen molar-refractivity contribution in [3.63, 3.8) is 0 Å². The highest BCUT2D eigenvalue weighted by Crippen LogP contribution is 2.33. The van der Waals surface area contributed by atoms with Gasteiger partial charge in [0.2, 0.25) is 11.7 Å². The van der Waals surface area contributed by atoms with Crippen molar-refractivity contribution < 1.29 is 4.52 Å². The molecule has 4 aromatic heterocycles. The smallest absolute Gasteiger partial charge is 0.230 e. The van der Waals surface area contributed by atoms with E-state index in [0.29, 0.717) is 11.7 Å². The number of hydrogen-bond acceptors (Lipinski definition) is 6. The second-order valence-corrected chi connectivity index (χ2v) is 6.52. The standard InChI is InChI=1S/C18H17N7O/c1-11-14-9-13(3-4-15(14)23-22-11)18-21-17(24-26-18)12-5-7-19-16(10-12)25-8-2-6-20-25/h2,5-8,10,13H,3-4,9H2,1H3,(H,22,23). The summed E-state index contributed by atoms with van der Waals surface area (Å²) in [4.78, 5) is 8.98. The van der Waals surface area contributed by atoms with Crippen molar-refractivity contribution in [2.75, 3.05) is 0 Å². The maximum Gasteiger partial charge on any atom is 0.230 e. The van der Waals surface area contributed by atoms with Gasteiger partial charge in [-0.05, 0) is 49.9 Å². The lowest BCUT2D eigenvalue weighted by Crippen LogP contribution is -2.13. The van der Waals surface area contributed by atoms with Crippen molar-refractivity contribution >= 4 is 0 Å². The van der Waals surface area contributed by atoms with Crippen molar-refractivity contribution in [1.29, 1.82) is 0 Å². The van der Waals surface area contributed by atoms with Crippen molar-refractivity contribution in [3.05, 3.63) is 59.6 Å². The molecule has 4 heterocycles. The zero-order valence-electron chi connectivity index (χ0n) is 14.3. The monoisotopic (exact) mass is 347 g/mol. The SMILES string of the molecule is Cc1[nH]nc2c1CC(c1nc(-c3ccnc(-n4cccn4)c3)no1)CC2. The van der Waals surface area contributed by atoms with Gasteiger partial charge in [0.25, 0.3) is 0 Å². The Labute approximate surface area is 149 Å². The Morgan fingerprint density at radius 1 is 1.31 bits per heavy atom. The zero-order chi connectivity index (χ0) is 17.5. The first-order chi connectivity index (χ1) is 12.8. The topological polar surface area (TPSA) is 98.3 Å². The van der Waals surface area contributed by atoms with Gasteiger partial charge in [0, 0.05) is 35.8 Å². The number of rotatable bonds is 3. The normalized spacial score (nSPS) is 16.6. The van der Waals surface area contributed by atoms with E-state index in [9.17, 15) is 0 Å². The van der Waals surface area contributed by atoms with E-state index < -0.39 is 0 Å². The van der Waals surface area contributed by atoms with Gasteiger partial charge in [-0.25, -0.2) is 9.67 Å². The Morgan fingerprint density at radius 3 is 3.15 bits per heavy atom. The molecule has 8 nitrogen and oxygen atoms in total. The third-order valence-electron chi connectivity index (χ3n) is 4.87. The van der Waals surface area contributed by atoms with Crippen LogP contribution < -0.4 is 0 Å². The van der Waals surface area contributed by atoms with Crippen LogP contribution in [-0.2, 0) is 12.8 Å². The molecule has 1 N–H and O–H groups in total. The minimum Gasteiger partial charge on any atom is -0.339 e. The minimum absolute atomic E-state index is 0.229. The summed E-state index contributed by atoms with van der Waals surface area (Å²) in [5, 5.41) is 15.8. The summed E-state index contributed by atoms with van der Waals surface area (Å²) >= 11 is 0. The molecule has 0 fully saturated rings. The molecule has 1 atom stereocenters. The molecule has 0 spiro atoms. The Morgan fingerprint density at radius 2 is 2.27 bits per heavy atom. The predicted octanol–water partition coefficient (Wildman–Crippen LogP) is 2.62. The zero-order valence-corrected chi connectivity index (χ0v) is 14.3. The molecular formula is C18H17N7O. The van der Waals surface area contributed by atoms with E-state index in [1.807, 2.05) is 24.4 Å².